The van der Waals surface area contributed by atoms with Crippen molar-refractivity contribution in [3.05, 3.63) is 83.3 Å². The van der Waals surface area contributed by atoms with Crippen LogP contribution >= 0.6 is 0 Å². The van der Waals surface area contributed by atoms with Crippen molar-refractivity contribution in [1.29, 1.82) is 0 Å². The summed E-state index contributed by atoms with van der Waals surface area (Å²) in [4.78, 5) is 18.9. The number of hydrogen-bond acceptors (Lipinski definition) is 4. The fourth-order valence-corrected chi connectivity index (χ4v) is 4.36. The van der Waals surface area contributed by atoms with E-state index in [1.165, 1.54) is 5.56 Å². The minimum atomic E-state index is 0.0159. The number of methoxy groups -OCH3 is 1. The average Bonchev–Trinajstić information content (AvgIpc) is 2.71. The Hall–Kier alpha value is -3.14. The van der Waals surface area contributed by atoms with E-state index in [9.17, 15) is 4.79 Å². The third-order valence-electron chi connectivity index (χ3n) is 6.08. The number of rotatable bonds is 6. The summed E-state index contributed by atoms with van der Waals surface area (Å²) < 4.78 is 5.75. The Morgan fingerprint density at radius 1 is 1.31 bits per heavy atom. The molecule has 2 aliphatic rings. The highest BCUT2D eigenvalue weighted by Gasteiger charge is 2.38. The first-order chi connectivity index (χ1) is 15.1. The molecule has 0 saturated heterocycles. The van der Waals surface area contributed by atoms with Gasteiger partial charge in [0, 0.05) is 47.4 Å². The van der Waals surface area contributed by atoms with Crippen LogP contribution in [0.4, 0.5) is 0 Å². The van der Waals surface area contributed by atoms with Crippen LogP contribution in [-0.4, -0.2) is 30.0 Å². The molecule has 0 aromatic heterocycles. The summed E-state index contributed by atoms with van der Waals surface area (Å²) in [6, 6.07) is 4.58. The molecule has 3 rings (SSSR count). The van der Waals surface area contributed by atoms with Gasteiger partial charge in [-0.25, -0.2) is 0 Å². The van der Waals surface area contributed by atoms with Crippen LogP contribution in [0.2, 0.25) is 0 Å². The molecule has 0 aliphatic carbocycles. The Labute approximate surface area is 192 Å². The monoisotopic (exact) mass is 430 g/mol. The van der Waals surface area contributed by atoms with Crippen LogP contribution in [0.15, 0.2) is 71.6 Å². The predicted molar refractivity (Wildman–Crippen MR) is 134 cm³/mol. The lowest BCUT2D eigenvalue weighted by Crippen LogP contribution is -2.45. The maximum Gasteiger partial charge on any atom is 0.161 e. The van der Waals surface area contributed by atoms with Gasteiger partial charge in [-0.3, -0.25) is 9.79 Å². The number of carbonyl (C=O) groups excluding carboxylic acids is 1. The molecule has 1 unspecified atom stereocenters. The summed E-state index contributed by atoms with van der Waals surface area (Å²) in [6.07, 6.45) is 11.1. The molecule has 0 saturated carbocycles. The SMILES string of the molecule is C=C/C=C(/C)N=CCc1cc2c(cc1OC)C1=CC(=C)C(C(C)=O)=CN1C(C(C)(C)C)C2. The summed E-state index contributed by atoms with van der Waals surface area (Å²) in [5.74, 6) is 0.874. The molecule has 168 valence electrons. The Morgan fingerprint density at radius 2 is 2.03 bits per heavy atom. The van der Waals surface area contributed by atoms with Crippen LogP contribution in [0.25, 0.3) is 5.70 Å². The van der Waals surface area contributed by atoms with E-state index in [0.29, 0.717) is 12.0 Å². The van der Waals surface area contributed by atoms with Crippen molar-refractivity contribution in [1.82, 2.24) is 4.90 Å². The number of benzene rings is 1. The highest BCUT2D eigenvalue weighted by Crippen LogP contribution is 2.44. The summed E-state index contributed by atoms with van der Waals surface area (Å²) in [5.41, 5.74) is 6.95. The first-order valence-electron chi connectivity index (χ1n) is 11.0. The van der Waals surface area contributed by atoms with Gasteiger partial charge in [-0.15, -0.1) is 0 Å². The second-order valence-corrected chi connectivity index (χ2v) is 9.53. The van der Waals surface area contributed by atoms with Gasteiger partial charge in [-0.2, -0.15) is 0 Å². The number of carbonyl (C=O) groups is 1. The topological polar surface area (TPSA) is 41.9 Å². The molecular formula is C28H34N2O2. The third kappa shape index (κ3) is 4.69. The molecule has 2 heterocycles. The number of aliphatic imine (C=N–C) groups is 1. The third-order valence-corrected chi connectivity index (χ3v) is 6.08. The lowest BCUT2D eigenvalue weighted by atomic mass is 9.76. The maximum absolute atomic E-state index is 12.2. The highest BCUT2D eigenvalue weighted by atomic mass is 16.5. The van der Waals surface area contributed by atoms with E-state index in [4.69, 9.17) is 4.74 Å². The van der Waals surface area contributed by atoms with Crippen molar-refractivity contribution in [3.8, 4) is 5.75 Å². The summed E-state index contributed by atoms with van der Waals surface area (Å²) in [5, 5.41) is 0. The van der Waals surface area contributed by atoms with E-state index in [-0.39, 0.29) is 17.2 Å². The van der Waals surface area contributed by atoms with Crippen LogP contribution in [0.3, 0.4) is 0 Å². The van der Waals surface area contributed by atoms with Gasteiger partial charge in [0.1, 0.15) is 5.75 Å². The van der Waals surface area contributed by atoms with Gasteiger partial charge >= 0.3 is 0 Å². The van der Waals surface area contributed by atoms with Gasteiger partial charge in [0.25, 0.3) is 0 Å². The fourth-order valence-electron chi connectivity index (χ4n) is 4.36. The van der Waals surface area contributed by atoms with Gasteiger partial charge in [0.2, 0.25) is 0 Å². The zero-order valence-electron chi connectivity index (χ0n) is 20.2. The molecule has 0 bridgehead atoms. The van der Waals surface area contributed by atoms with E-state index in [2.05, 4.69) is 56.0 Å². The number of fused-ring (bicyclic) bond motifs is 3. The standard InChI is InChI=1S/C28H34N2O2/c1-9-10-19(3)29-12-11-21-14-22-15-27(28(5,6)7)30-17-24(20(4)31)18(2)13-25(30)23(22)16-26(21)32-8/h9-10,12-14,16-17,27H,1-2,11,15H2,3-8H3/b19-10-,29-12?. The number of nitrogens with zero attached hydrogens (tertiary/aromatic N) is 2. The number of hydrogen-bond donors (Lipinski definition) is 0. The summed E-state index contributed by atoms with van der Waals surface area (Å²) >= 11 is 0. The zero-order chi connectivity index (χ0) is 23.6. The number of allylic oxidation sites excluding steroid dienone is 6. The first-order valence-corrected chi connectivity index (χ1v) is 11.0. The minimum Gasteiger partial charge on any atom is -0.496 e. The minimum absolute atomic E-state index is 0.0159. The zero-order valence-corrected chi connectivity index (χ0v) is 20.2. The normalized spacial score (nSPS) is 18.7. The van der Waals surface area contributed by atoms with Gasteiger partial charge in [-0.05, 0) is 60.6 Å². The number of ketones is 1. The molecule has 0 fully saturated rings. The quantitative estimate of drug-likeness (QED) is 0.407. The molecule has 1 aromatic carbocycles. The van der Waals surface area contributed by atoms with Gasteiger partial charge in [0.15, 0.2) is 5.78 Å². The van der Waals surface area contributed by atoms with Crippen LogP contribution in [0, 0.1) is 5.41 Å². The van der Waals surface area contributed by atoms with Crippen LogP contribution in [0.1, 0.15) is 51.3 Å². The molecule has 0 spiro atoms. The van der Waals surface area contributed by atoms with Crippen molar-refractivity contribution < 1.29 is 9.53 Å². The lowest BCUT2D eigenvalue weighted by molar-refractivity contribution is -0.113. The van der Waals surface area contributed by atoms with Crippen molar-refractivity contribution in [2.24, 2.45) is 10.4 Å². The second kappa shape index (κ2) is 9.15. The van der Waals surface area contributed by atoms with E-state index in [1.807, 2.05) is 31.5 Å². The molecule has 2 aliphatic heterocycles. The first kappa shape index (κ1) is 23.5. The van der Waals surface area contributed by atoms with Crippen LogP contribution < -0.4 is 4.74 Å². The molecule has 0 radical (unpaired) electrons. The molecule has 4 nitrogen and oxygen atoms in total. The smallest absolute Gasteiger partial charge is 0.161 e. The molecule has 1 aromatic rings. The largest absolute Gasteiger partial charge is 0.496 e. The van der Waals surface area contributed by atoms with Crippen LogP contribution in [-0.2, 0) is 17.6 Å². The van der Waals surface area contributed by atoms with Crippen molar-refractivity contribution in [2.75, 3.05) is 7.11 Å². The molecule has 4 heteroatoms. The van der Waals surface area contributed by atoms with Gasteiger partial charge < -0.3 is 9.64 Å². The Morgan fingerprint density at radius 3 is 2.62 bits per heavy atom. The van der Waals surface area contributed by atoms with E-state index in [0.717, 1.165) is 40.3 Å². The molecular weight excluding hydrogens is 396 g/mol. The summed E-state index contributed by atoms with van der Waals surface area (Å²) in [7, 11) is 1.70. The Bertz CT molecular complexity index is 1080. The second-order valence-electron chi connectivity index (χ2n) is 9.53. The van der Waals surface area contributed by atoms with Crippen molar-refractivity contribution >= 4 is 17.7 Å². The lowest BCUT2D eigenvalue weighted by Gasteiger charge is -2.46. The van der Waals surface area contributed by atoms with Crippen molar-refractivity contribution in [2.45, 2.75) is 53.5 Å². The van der Waals surface area contributed by atoms with E-state index >= 15 is 0 Å². The van der Waals surface area contributed by atoms with Gasteiger partial charge in [-0.1, -0.05) is 46.1 Å². The maximum atomic E-state index is 12.2. The summed E-state index contributed by atoms with van der Waals surface area (Å²) in [6.45, 7) is 18.2. The van der Waals surface area contributed by atoms with Gasteiger partial charge in [0.05, 0.1) is 7.11 Å². The number of ether oxygens (including phenoxy) is 1. The Balaban J connectivity index is 2.09. The molecule has 0 amide bonds. The highest BCUT2D eigenvalue weighted by molar-refractivity contribution is 6.00. The van der Waals surface area contributed by atoms with Crippen LogP contribution in [0.5, 0.6) is 5.75 Å². The molecule has 0 N–H and O–H groups in total. The number of Topliss-reactive ketones (excluding diaryl/α,β-unsaturated/α-hetero) is 1. The Kier molecular flexibility index (Phi) is 6.73. The van der Waals surface area contributed by atoms with Crippen molar-refractivity contribution in [3.63, 3.8) is 0 Å². The van der Waals surface area contributed by atoms with E-state index < -0.39 is 0 Å². The predicted octanol–water partition coefficient (Wildman–Crippen LogP) is 6.05. The molecule has 1 atom stereocenters. The van der Waals surface area contributed by atoms with E-state index in [1.54, 1.807) is 20.1 Å². The average molecular weight is 431 g/mol. The fraction of sp³-hybridized carbons (Fsp3) is 0.357. The molecule has 32 heavy (non-hydrogen) atoms.